The second kappa shape index (κ2) is 2.48. The molecule has 0 bridgehead atoms. The molecule has 52 valence electrons. The van der Waals surface area contributed by atoms with Crippen LogP contribution in [-0.2, 0) is 9.53 Å². The lowest BCUT2D eigenvalue weighted by Gasteiger charge is -2.26. The predicted molar refractivity (Wildman–Crippen MR) is 34.2 cm³/mol. The van der Waals surface area contributed by atoms with Gasteiger partial charge in [-0.25, -0.2) is 0 Å². The first-order chi connectivity index (χ1) is 4.18. The van der Waals surface area contributed by atoms with Crippen LogP contribution < -0.4 is 0 Å². The Labute approximate surface area is 55.2 Å². The maximum absolute atomic E-state index is 10.4. The van der Waals surface area contributed by atoms with Gasteiger partial charge in [0.25, 0.3) is 0 Å². The maximum Gasteiger partial charge on any atom is 0.138 e. The maximum atomic E-state index is 10.4. The zero-order valence-electron chi connectivity index (χ0n) is 5.89. The summed E-state index contributed by atoms with van der Waals surface area (Å²) in [6.45, 7) is 3.98. The summed E-state index contributed by atoms with van der Waals surface area (Å²) >= 11 is 0. The van der Waals surface area contributed by atoms with Crippen LogP contribution in [0.5, 0.6) is 0 Å². The number of rotatable bonds is 2. The highest BCUT2D eigenvalue weighted by atomic mass is 16.5. The van der Waals surface area contributed by atoms with E-state index in [9.17, 15) is 4.79 Å². The Hall–Kier alpha value is -0.370. The molecule has 9 heavy (non-hydrogen) atoms. The Balaban J connectivity index is 2.11. The highest BCUT2D eigenvalue weighted by Crippen LogP contribution is 2.19. The molecule has 0 spiro atoms. The van der Waals surface area contributed by atoms with Crippen LogP contribution in [0.1, 0.15) is 26.7 Å². The lowest BCUT2D eigenvalue weighted by molar-refractivity contribution is -0.136. The van der Waals surface area contributed by atoms with Crippen molar-refractivity contribution in [2.75, 3.05) is 0 Å². The normalized spacial score (nSPS) is 20.6. The first-order valence-electron chi connectivity index (χ1n) is 3.35. The molecule has 1 rings (SSSR count). The van der Waals surface area contributed by atoms with Crippen LogP contribution in [0.3, 0.4) is 0 Å². The van der Waals surface area contributed by atoms with Gasteiger partial charge < -0.3 is 4.74 Å². The molecule has 0 aromatic heterocycles. The Morgan fingerprint density at radius 3 is 2.44 bits per heavy atom. The first kappa shape index (κ1) is 6.75. The van der Waals surface area contributed by atoms with Crippen LogP contribution in [0.4, 0.5) is 0 Å². The molecule has 0 aliphatic heterocycles. The van der Waals surface area contributed by atoms with Crippen LogP contribution >= 0.6 is 0 Å². The van der Waals surface area contributed by atoms with Crippen molar-refractivity contribution in [3.63, 3.8) is 0 Å². The van der Waals surface area contributed by atoms with Gasteiger partial charge in [0, 0.05) is 12.8 Å². The fourth-order valence-corrected chi connectivity index (χ4v) is 0.929. The monoisotopic (exact) mass is 128 g/mol. The molecule has 0 heterocycles. The quantitative estimate of drug-likeness (QED) is 0.557. The van der Waals surface area contributed by atoms with Crippen molar-refractivity contribution in [3.8, 4) is 0 Å². The molecular weight excluding hydrogens is 116 g/mol. The van der Waals surface area contributed by atoms with Crippen LogP contribution in [0.25, 0.3) is 0 Å². The van der Waals surface area contributed by atoms with E-state index >= 15 is 0 Å². The molecule has 1 aliphatic rings. The van der Waals surface area contributed by atoms with Gasteiger partial charge in [-0.05, 0) is 13.8 Å². The minimum atomic E-state index is 0.234. The summed E-state index contributed by atoms with van der Waals surface area (Å²) in [6, 6.07) is 0. The molecule has 0 atom stereocenters. The number of hydrogen-bond acceptors (Lipinski definition) is 2. The molecule has 0 amide bonds. The number of ether oxygens (including phenoxy) is 1. The topological polar surface area (TPSA) is 26.3 Å². The zero-order chi connectivity index (χ0) is 6.85. The lowest BCUT2D eigenvalue weighted by Crippen LogP contribution is -2.33. The lowest BCUT2D eigenvalue weighted by atomic mass is 9.94. The Morgan fingerprint density at radius 1 is 1.56 bits per heavy atom. The molecule has 1 aliphatic carbocycles. The van der Waals surface area contributed by atoms with E-state index in [1.165, 1.54) is 0 Å². The first-order valence-corrected chi connectivity index (χ1v) is 3.35. The van der Waals surface area contributed by atoms with Crippen molar-refractivity contribution >= 4 is 5.78 Å². The standard InChI is InChI=1S/C7H12O2/c1-5(2)9-7-3-6(8)4-7/h5,7H,3-4H2,1-2H3. The average molecular weight is 128 g/mol. The van der Waals surface area contributed by atoms with Gasteiger partial charge >= 0.3 is 0 Å². The minimum Gasteiger partial charge on any atom is -0.375 e. The van der Waals surface area contributed by atoms with Crippen molar-refractivity contribution < 1.29 is 9.53 Å². The molecule has 2 heteroatoms. The summed E-state index contributed by atoms with van der Waals surface area (Å²) < 4.78 is 5.34. The minimum absolute atomic E-state index is 0.234. The van der Waals surface area contributed by atoms with Crippen LogP contribution in [0.15, 0.2) is 0 Å². The second-order valence-electron chi connectivity index (χ2n) is 2.75. The number of Topliss-reactive ketones (excluding diaryl/α,β-unsaturated/α-hetero) is 1. The fraction of sp³-hybridized carbons (Fsp3) is 0.857. The van der Waals surface area contributed by atoms with E-state index in [1.807, 2.05) is 13.8 Å². The number of carbonyl (C=O) groups excluding carboxylic acids is 1. The van der Waals surface area contributed by atoms with Gasteiger partial charge in [-0.1, -0.05) is 0 Å². The summed E-state index contributed by atoms with van der Waals surface area (Å²) in [7, 11) is 0. The molecule has 0 saturated heterocycles. The molecular formula is C7H12O2. The van der Waals surface area contributed by atoms with Gasteiger partial charge in [0.1, 0.15) is 5.78 Å². The van der Waals surface area contributed by atoms with Gasteiger partial charge in [0.15, 0.2) is 0 Å². The van der Waals surface area contributed by atoms with E-state index in [4.69, 9.17) is 4.74 Å². The third-order valence-electron chi connectivity index (χ3n) is 1.38. The summed E-state index contributed by atoms with van der Waals surface area (Å²) in [5, 5.41) is 0. The zero-order valence-corrected chi connectivity index (χ0v) is 5.89. The van der Waals surface area contributed by atoms with Gasteiger partial charge in [0.2, 0.25) is 0 Å². The van der Waals surface area contributed by atoms with Crippen molar-refractivity contribution in [1.82, 2.24) is 0 Å². The summed E-state index contributed by atoms with van der Waals surface area (Å²) in [5.41, 5.74) is 0. The third kappa shape index (κ3) is 1.79. The average Bonchev–Trinajstić information content (AvgIpc) is 1.60. The highest BCUT2D eigenvalue weighted by Gasteiger charge is 2.27. The predicted octanol–water partition coefficient (Wildman–Crippen LogP) is 1.14. The number of carbonyl (C=O) groups is 1. The van der Waals surface area contributed by atoms with Gasteiger partial charge in [-0.15, -0.1) is 0 Å². The highest BCUT2D eigenvalue weighted by molar-refractivity contribution is 5.85. The molecule has 0 unspecified atom stereocenters. The fourth-order valence-electron chi connectivity index (χ4n) is 0.929. The Kier molecular flexibility index (Phi) is 1.86. The summed E-state index contributed by atoms with van der Waals surface area (Å²) in [6.07, 6.45) is 1.77. The van der Waals surface area contributed by atoms with E-state index in [2.05, 4.69) is 0 Å². The van der Waals surface area contributed by atoms with Gasteiger partial charge in [0.05, 0.1) is 12.2 Å². The summed E-state index contributed by atoms with van der Waals surface area (Å²) in [4.78, 5) is 10.4. The van der Waals surface area contributed by atoms with E-state index in [1.54, 1.807) is 0 Å². The van der Waals surface area contributed by atoms with E-state index in [0.29, 0.717) is 18.6 Å². The largest absolute Gasteiger partial charge is 0.375 e. The Bertz CT molecular complexity index is 110. The van der Waals surface area contributed by atoms with Crippen LogP contribution in [0, 0.1) is 0 Å². The molecule has 1 fully saturated rings. The van der Waals surface area contributed by atoms with Crippen LogP contribution in [0.2, 0.25) is 0 Å². The molecule has 0 aromatic carbocycles. The van der Waals surface area contributed by atoms with Crippen molar-refractivity contribution in [3.05, 3.63) is 0 Å². The molecule has 0 N–H and O–H groups in total. The molecule has 0 aromatic rings. The second-order valence-corrected chi connectivity index (χ2v) is 2.75. The molecule has 0 radical (unpaired) electrons. The van der Waals surface area contributed by atoms with Crippen molar-refractivity contribution in [1.29, 1.82) is 0 Å². The van der Waals surface area contributed by atoms with E-state index in [-0.39, 0.29) is 12.2 Å². The third-order valence-corrected chi connectivity index (χ3v) is 1.38. The van der Waals surface area contributed by atoms with Crippen LogP contribution in [-0.4, -0.2) is 18.0 Å². The van der Waals surface area contributed by atoms with E-state index < -0.39 is 0 Å². The molecule has 1 saturated carbocycles. The Morgan fingerprint density at radius 2 is 2.11 bits per heavy atom. The molecule has 2 nitrogen and oxygen atoms in total. The smallest absolute Gasteiger partial charge is 0.138 e. The van der Waals surface area contributed by atoms with Crippen molar-refractivity contribution in [2.24, 2.45) is 0 Å². The van der Waals surface area contributed by atoms with Gasteiger partial charge in [-0.3, -0.25) is 4.79 Å². The number of hydrogen-bond donors (Lipinski definition) is 0. The van der Waals surface area contributed by atoms with Gasteiger partial charge in [-0.2, -0.15) is 0 Å². The summed E-state index contributed by atoms with van der Waals surface area (Å²) in [5.74, 6) is 0.334. The number of ketones is 1. The van der Waals surface area contributed by atoms with Crippen molar-refractivity contribution in [2.45, 2.75) is 38.9 Å². The SMILES string of the molecule is CC(C)OC1CC(=O)C1. The van der Waals surface area contributed by atoms with E-state index in [0.717, 1.165) is 0 Å².